The molecule has 0 spiro atoms. The summed E-state index contributed by atoms with van der Waals surface area (Å²) < 4.78 is 9.92. The minimum absolute atomic E-state index is 0.0273. The number of methoxy groups -OCH3 is 1. The smallest absolute Gasteiger partial charge is 0.338 e. The van der Waals surface area contributed by atoms with Crippen LogP contribution in [0.5, 0.6) is 5.75 Å². The van der Waals surface area contributed by atoms with E-state index in [9.17, 15) is 14.4 Å². The number of amides is 2. The molecule has 0 atom stereocenters. The highest BCUT2D eigenvalue weighted by molar-refractivity contribution is 6.05. The van der Waals surface area contributed by atoms with Crippen LogP contribution in [0.1, 0.15) is 47.1 Å². The second kappa shape index (κ2) is 8.49. The van der Waals surface area contributed by atoms with E-state index in [4.69, 9.17) is 9.47 Å². The van der Waals surface area contributed by atoms with E-state index in [0.717, 1.165) is 5.56 Å². The van der Waals surface area contributed by atoms with Crippen LogP contribution in [-0.4, -0.2) is 31.5 Å². The molecule has 0 fully saturated rings. The molecule has 27 heavy (non-hydrogen) atoms. The zero-order valence-electron chi connectivity index (χ0n) is 15.9. The van der Waals surface area contributed by atoms with Crippen LogP contribution < -0.4 is 10.1 Å². The van der Waals surface area contributed by atoms with Gasteiger partial charge < -0.3 is 9.47 Å². The van der Waals surface area contributed by atoms with Crippen molar-refractivity contribution in [2.45, 2.75) is 26.2 Å². The Balaban J connectivity index is 1.87. The highest BCUT2D eigenvalue weighted by atomic mass is 16.5. The lowest BCUT2D eigenvalue weighted by Crippen LogP contribution is -2.34. The molecule has 0 bridgehead atoms. The summed E-state index contributed by atoms with van der Waals surface area (Å²) in [5.74, 6) is -1.29. The van der Waals surface area contributed by atoms with Gasteiger partial charge >= 0.3 is 5.97 Å². The number of carbonyl (C=O) groups is 3. The fourth-order valence-corrected chi connectivity index (χ4v) is 2.30. The van der Waals surface area contributed by atoms with Gasteiger partial charge in [-0.2, -0.15) is 0 Å². The largest absolute Gasteiger partial charge is 0.497 e. The predicted octanol–water partition coefficient (Wildman–Crippen LogP) is 3.11. The van der Waals surface area contributed by atoms with Gasteiger partial charge in [-0.25, -0.2) is 4.79 Å². The third-order valence-electron chi connectivity index (χ3n) is 3.93. The van der Waals surface area contributed by atoms with E-state index in [-0.39, 0.29) is 11.0 Å². The van der Waals surface area contributed by atoms with Crippen LogP contribution in [-0.2, 0) is 14.9 Å². The fourth-order valence-electron chi connectivity index (χ4n) is 2.30. The standard InChI is InChI=1S/C21H23NO5/c1-21(2,3)16-9-5-14(6-10-16)19(24)22-18(23)13-27-20(25)15-7-11-17(26-4)12-8-15/h5-12H,13H2,1-4H3,(H,22,23,24). The van der Waals surface area contributed by atoms with E-state index in [1.165, 1.54) is 19.2 Å². The molecule has 2 amide bonds. The highest BCUT2D eigenvalue weighted by Gasteiger charge is 2.16. The summed E-state index contributed by atoms with van der Waals surface area (Å²) in [5.41, 5.74) is 1.70. The SMILES string of the molecule is COc1ccc(C(=O)OCC(=O)NC(=O)c2ccc(C(C)(C)C)cc2)cc1. The van der Waals surface area contributed by atoms with Gasteiger partial charge in [0.25, 0.3) is 11.8 Å². The topological polar surface area (TPSA) is 81.7 Å². The average Bonchev–Trinajstić information content (AvgIpc) is 2.65. The Morgan fingerprint density at radius 3 is 1.96 bits per heavy atom. The molecule has 0 unspecified atom stereocenters. The molecular weight excluding hydrogens is 346 g/mol. The third-order valence-corrected chi connectivity index (χ3v) is 3.93. The molecule has 0 radical (unpaired) electrons. The van der Waals surface area contributed by atoms with E-state index in [1.54, 1.807) is 24.3 Å². The lowest BCUT2D eigenvalue weighted by molar-refractivity contribution is -0.123. The second-order valence-corrected chi connectivity index (χ2v) is 7.01. The Labute approximate surface area is 158 Å². The number of hydrogen-bond acceptors (Lipinski definition) is 5. The molecule has 6 nitrogen and oxygen atoms in total. The number of hydrogen-bond donors (Lipinski definition) is 1. The van der Waals surface area contributed by atoms with E-state index in [2.05, 4.69) is 26.1 Å². The van der Waals surface area contributed by atoms with Gasteiger partial charge in [-0.3, -0.25) is 14.9 Å². The molecule has 2 aromatic carbocycles. The molecule has 0 aliphatic carbocycles. The van der Waals surface area contributed by atoms with E-state index in [1.807, 2.05) is 12.1 Å². The number of benzene rings is 2. The number of esters is 1. The number of rotatable bonds is 5. The first-order valence-electron chi connectivity index (χ1n) is 8.46. The number of imide groups is 1. The summed E-state index contributed by atoms with van der Waals surface area (Å²) in [6.07, 6.45) is 0. The van der Waals surface area contributed by atoms with Crippen molar-refractivity contribution in [1.29, 1.82) is 0 Å². The van der Waals surface area contributed by atoms with E-state index >= 15 is 0 Å². The van der Waals surface area contributed by atoms with Gasteiger partial charge in [-0.1, -0.05) is 32.9 Å². The summed E-state index contributed by atoms with van der Waals surface area (Å²) >= 11 is 0. The maximum Gasteiger partial charge on any atom is 0.338 e. The molecule has 0 aliphatic heterocycles. The van der Waals surface area contributed by atoms with Crippen molar-refractivity contribution in [2.24, 2.45) is 0 Å². The normalized spacial score (nSPS) is 10.8. The molecule has 0 saturated carbocycles. The first-order chi connectivity index (χ1) is 12.7. The van der Waals surface area contributed by atoms with Crippen LogP contribution in [0.3, 0.4) is 0 Å². The van der Waals surface area contributed by atoms with E-state index < -0.39 is 24.4 Å². The van der Waals surface area contributed by atoms with Crippen LogP contribution in [0.15, 0.2) is 48.5 Å². The molecule has 2 aromatic rings. The maximum absolute atomic E-state index is 12.1. The quantitative estimate of drug-likeness (QED) is 0.819. The van der Waals surface area contributed by atoms with Gasteiger partial charge in [0, 0.05) is 5.56 Å². The van der Waals surface area contributed by atoms with Gasteiger partial charge in [-0.05, 0) is 47.4 Å². The van der Waals surface area contributed by atoms with Crippen molar-refractivity contribution in [3.63, 3.8) is 0 Å². The van der Waals surface area contributed by atoms with Crippen molar-refractivity contribution in [3.8, 4) is 5.75 Å². The van der Waals surface area contributed by atoms with Crippen molar-refractivity contribution in [1.82, 2.24) is 5.32 Å². The van der Waals surface area contributed by atoms with Gasteiger partial charge in [0.05, 0.1) is 12.7 Å². The van der Waals surface area contributed by atoms with Crippen LogP contribution in [0, 0.1) is 0 Å². The summed E-state index contributed by atoms with van der Waals surface area (Å²) in [7, 11) is 1.52. The highest BCUT2D eigenvalue weighted by Crippen LogP contribution is 2.22. The Hall–Kier alpha value is -3.15. The van der Waals surface area contributed by atoms with Gasteiger partial charge in [0.1, 0.15) is 5.75 Å². The second-order valence-electron chi connectivity index (χ2n) is 7.01. The third kappa shape index (κ3) is 5.67. The van der Waals surface area contributed by atoms with Crippen LogP contribution in [0.2, 0.25) is 0 Å². The summed E-state index contributed by atoms with van der Waals surface area (Å²) in [6.45, 7) is 5.67. The molecule has 142 valence electrons. The van der Waals surface area contributed by atoms with Crippen LogP contribution in [0.4, 0.5) is 0 Å². The lowest BCUT2D eigenvalue weighted by atomic mass is 9.87. The summed E-state index contributed by atoms with van der Waals surface area (Å²) in [6, 6.07) is 13.3. The van der Waals surface area contributed by atoms with Crippen molar-refractivity contribution in [2.75, 3.05) is 13.7 Å². The zero-order valence-corrected chi connectivity index (χ0v) is 15.9. The molecule has 1 N–H and O–H groups in total. The van der Waals surface area contributed by atoms with Crippen molar-refractivity contribution < 1.29 is 23.9 Å². The Morgan fingerprint density at radius 2 is 1.44 bits per heavy atom. The van der Waals surface area contributed by atoms with E-state index in [0.29, 0.717) is 11.3 Å². The monoisotopic (exact) mass is 369 g/mol. The molecule has 0 aliphatic rings. The first-order valence-corrected chi connectivity index (χ1v) is 8.46. The Bertz CT molecular complexity index is 817. The van der Waals surface area contributed by atoms with Crippen LogP contribution in [0.25, 0.3) is 0 Å². The number of nitrogens with one attached hydrogen (secondary N) is 1. The number of ether oxygens (including phenoxy) is 2. The predicted molar refractivity (Wildman–Crippen MR) is 101 cm³/mol. The van der Waals surface area contributed by atoms with Crippen molar-refractivity contribution >= 4 is 17.8 Å². The first kappa shape index (κ1) is 20.2. The number of carbonyl (C=O) groups excluding carboxylic acids is 3. The van der Waals surface area contributed by atoms with Gasteiger partial charge in [-0.15, -0.1) is 0 Å². The summed E-state index contributed by atoms with van der Waals surface area (Å²) in [5, 5.41) is 2.20. The minimum atomic E-state index is -0.693. The molecule has 0 aromatic heterocycles. The van der Waals surface area contributed by atoms with Crippen molar-refractivity contribution in [3.05, 3.63) is 65.2 Å². The Kier molecular flexibility index (Phi) is 6.34. The maximum atomic E-state index is 12.1. The zero-order chi connectivity index (χ0) is 20.0. The molecular formula is C21H23NO5. The van der Waals surface area contributed by atoms with Gasteiger partial charge in [0.15, 0.2) is 6.61 Å². The van der Waals surface area contributed by atoms with Gasteiger partial charge in [0.2, 0.25) is 0 Å². The molecule has 0 saturated heterocycles. The molecule has 6 heteroatoms. The lowest BCUT2D eigenvalue weighted by Gasteiger charge is -2.18. The Morgan fingerprint density at radius 1 is 0.889 bits per heavy atom. The fraction of sp³-hybridized carbons (Fsp3) is 0.286. The average molecular weight is 369 g/mol. The summed E-state index contributed by atoms with van der Waals surface area (Å²) in [4.78, 5) is 35.9. The van der Waals surface area contributed by atoms with Crippen LogP contribution >= 0.6 is 0 Å². The molecule has 0 heterocycles. The minimum Gasteiger partial charge on any atom is -0.497 e. The molecule has 2 rings (SSSR count).